The molecule has 4 rings (SSSR count). The first-order valence-corrected chi connectivity index (χ1v) is 12.2. The second-order valence-corrected chi connectivity index (χ2v) is 9.76. The molecule has 1 amide bonds. The van der Waals surface area contributed by atoms with Gasteiger partial charge in [-0.1, -0.05) is 64.1 Å². The van der Waals surface area contributed by atoms with E-state index in [1.807, 2.05) is 54.6 Å². The molecule has 186 valence electrons. The molecular formula is C30H33N3O3. The maximum Gasteiger partial charge on any atom is 0.255 e. The van der Waals surface area contributed by atoms with Crippen molar-refractivity contribution in [3.63, 3.8) is 0 Å². The summed E-state index contributed by atoms with van der Waals surface area (Å²) < 4.78 is 13.3. The van der Waals surface area contributed by atoms with Crippen molar-refractivity contribution in [3.05, 3.63) is 107 Å². The number of anilines is 1. The molecule has 1 N–H and O–H groups in total. The van der Waals surface area contributed by atoms with Gasteiger partial charge in [0.15, 0.2) is 6.73 Å². The molecule has 0 aliphatic rings. The van der Waals surface area contributed by atoms with Crippen LogP contribution in [0.5, 0.6) is 11.5 Å². The number of amides is 1. The van der Waals surface area contributed by atoms with E-state index in [0.29, 0.717) is 17.9 Å². The van der Waals surface area contributed by atoms with Crippen molar-refractivity contribution in [2.45, 2.75) is 52.9 Å². The predicted octanol–water partition coefficient (Wildman–Crippen LogP) is 6.61. The summed E-state index contributed by atoms with van der Waals surface area (Å²) in [6.45, 7) is 9.31. The van der Waals surface area contributed by atoms with E-state index in [0.717, 1.165) is 23.5 Å². The summed E-state index contributed by atoms with van der Waals surface area (Å²) >= 11 is 0. The Hall–Kier alpha value is -4.06. The van der Waals surface area contributed by atoms with Crippen molar-refractivity contribution in [2.24, 2.45) is 0 Å². The number of benzene rings is 3. The monoisotopic (exact) mass is 483 g/mol. The summed E-state index contributed by atoms with van der Waals surface area (Å²) in [5, 5.41) is 7.16. The van der Waals surface area contributed by atoms with Gasteiger partial charge in [-0.15, -0.1) is 0 Å². The summed E-state index contributed by atoms with van der Waals surface area (Å²) in [5.74, 6) is 1.37. The van der Waals surface area contributed by atoms with Crippen LogP contribution in [0.1, 0.15) is 54.7 Å². The minimum Gasteiger partial charge on any atom is -0.489 e. The fourth-order valence-electron chi connectivity index (χ4n) is 3.68. The van der Waals surface area contributed by atoms with Gasteiger partial charge in [0.2, 0.25) is 0 Å². The van der Waals surface area contributed by atoms with Crippen molar-refractivity contribution in [1.29, 1.82) is 0 Å². The quantitative estimate of drug-likeness (QED) is 0.291. The molecule has 0 saturated heterocycles. The number of carbonyl (C=O) groups is 1. The SMILES string of the molecule is CCc1ccc(OCn2cc(NC(=O)c3cccc(COc4ccc(C(C)(C)C)cc4)c3)cn2)cc1. The van der Waals surface area contributed by atoms with Crippen LogP contribution in [0.15, 0.2) is 85.2 Å². The van der Waals surface area contributed by atoms with Crippen molar-refractivity contribution in [3.8, 4) is 11.5 Å². The molecule has 6 nitrogen and oxygen atoms in total. The number of rotatable bonds is 9. The molecule has 3 aromatic carbocycles. The van der Waals surface area contributed by atoms with Gasteiger partial charge in [-0.05, 0) is 64.9 Å². The third kappa shape index (κ3) is 6.75. The Morgan fingerprint density at radius 3 is 2.31 bits per heavy atom. The molecule has 0 atom stereocenters. The first kappa shape index (κ1) is 25.0. The highest BCUT2D eigenvalue weighted by molar-refractivity contribution is 6.04. The van der Waals surface area contributed by atoms with Gasteiger partial charge in [-0.3, -0.25) is 4.79 Å². The van der Waals surface area contributed by atoms with E-state index in [4.69, 9.17) is 9.47 Å². The van der Waals surface area contributed by atoms with Gasteiger partial charge in [-0.25, -0.2) is 4.68 Å². The number of hydrogen-bond donors (Lipinski definition) is 1. The Morgan fingerprint density at radius 2 is 1.61 bits per heavy atom. The zero-order valence-corrected chi connectivity index (χ0v) is 21.3. The molecule has 0 fully saturated rings. The number of carbonyl (C=O) groups excluding carboxylic acids is 1. The third-order valence-electron chi connectivity index (χ3n) is 5.90. The molecule has 0 saturated carbocycles. The molecule has 0 bridgehead atoms. The summed E-state index contributed by atoms with van der Waals surface area (Å²) in [6.07, 6.45) is 4.34. The largest absolute Gasteiger partial charge is 0.489 e. The first-order valence-electron chi connectivity index (χ1n) is 12.2. The van der Waals surface area contributed by atoms with Gasteiger partial charge in [0, 0.05) is 5.56 Å². The van der Waals surface area contributed by atoms with E-state index in [1.165, 1.54) is 11.1 Å². The average molecular weight is 484 g/mol. The Kier molecular flexibility index (Phi) is 7.74. The highest BCUT2D eigenvalue weighted by Gasteiger charge is 2.13. The van der Waals surface area contributed by atoms with Crippen molar-refractivity contribution >= 4 is 11.6 Å². The van der Waals surface area contributed by atoms with Crippen LogP contribution in [0.4, 0.5) is 5.69 Å². The summed E-state index contributed by atoms with van der Waals surface area (Å²) in [5.41, 5.74) is 4.70. The highest BCUT2D eigenvalue weighted by Crippen LogP contribution is 2.24. The van der Waals surface area contributed by atoms with Gasteiger partial charge in [-0.2, -0.15) is 5.10 Å². The fourth-order valence-corrected chi connectivity index (χ4v) is 3.68. The number of hydrogen-bond acceptors (Lipinski definition) is 4. The zero-order chi connectivity index (χ0) is 25.5. The maximum atomic E-state index is 12.8. The van der Waals surface area contributed by atoms with Gasteiger partial charge < -0.3 is 14.8 Å². The standard InChI is InChI=1S/C30H33N3O3/c1-5-22-9-13-28(14-10-22)36-21-33-19-26(18-31-33)32-29(34)24-8-6-7-23(17-24)20-35-27-15-11-25(12-16-27)30(2,3)4/h6-19H,5,20-21H2,1-4H3,(H,32,34). The Balaban J connectivity index is 1.30. The van der Waals surface area contributed by atoms with Gasteiger partial charge in [0.25, 0.3) is 5.91 Å². The van der Waals surface area contributed by atoms with E-state index in [2.05, 4.69) is 50.2 Å². The van der Waals surface area contributed by atoms with Crippen molar-refractivity contribution in [1.82, 2.24) is 9.78 Å². The maximum absolute atomic E-state index is 12.8. The Bertz CT molecular complexity index is 1290. The van der Waals surface area contributed by atoms with Crippen LogP contribution in [0, 0.1) is 0 Å². The minimum atomic E-state index is -0.206. The van der Waals surface area contributed by atoms with E-state index in [1.54, 1.807) is 23.1 Å². The molecule has 0 spiro atoms. The van der Waals surface area contributed by atoms with Crippen molar-refractivity contribution in [2.75, 3.05) is 5.32 Å². The summed E-state index contributed by atoms with van der Waals surface area (Å²) in [4.78, 5) is 12.8. The summed E-state index contributed by atoms with van der Waals surface area (Å²) in [7, 11) is 0. The number of aryl methyl sites for hydroxylation is 1. The molecule has 0 radical (unpaired) electrons. The van der Waals surface area contributed by atoms with Crippen LogP contribution in [-0.4, -0.2) is 15.7 Å². The number of nitrogens with zero attached hydrogens (tertiary/aromatic N) is 2. The molecule has 0 unspecified atom stereocenters. The lowest BCUT2D eigenvalue weighted by atomic mass is 9.87. The Labute approximate surface area is 212 Å². The predicted molar refractivity (Wildman–Crippen MR) is 143 cm³/mol. The zero-order valence-electron chi connectivity index (χ0n) is 21.3. The lowest BCUT2D eigenvalue weighted by molar-refractivity contribution is 0.102. The lowest BCUT2D eigenvalue weighted by Gasteiger charge is -2.19. The molecular weight excluding hydrogens is 450 g/mol. The number of nitrogens with one attached hydrogen (secondary N) is 1. The smallest absolute Gasteiger partial charge is 0.255 e. The molecule has 0 aliphatic heterocycles. The molecule has 36 heavy (non-hydrogen) atoms. The number of aromatic nitrogens is 2. The van der Waals surface area contributed by atoms with Crippen LogP contribution < -0.4 is 14.8 Å². The summed E-state index contributed by atoms with van der Waals surface area (Å²) in [6, 6.07) is 23.6. The van der Waals surface area contributed by atoms with Crippen LogP contribution in [0.2, 0.25) is 0 Å². The fraction of sp³-hybridized carbons (Fsp3) is 0.267. The van der Waals surface area contributed by atoms with E-state index >= 15 is 0 Å². The van der Waals surface area contributed by atoms with E-state index in [-0.39, 0.29) is 18.1 Å². The van der Waals surface area contributed by atoms with Crippen LogP contribution >= 0.6 is 0 Å². The van der Waals surface area contributed by atoms with Gasteiger partial charge >= 0.3 is 0 Å². The van der Waals surface area contributed by atoms with Gasteiger partial charge in [0.1, 0.15) is 18.1 Å². The highest BCUT2D eigenvalue weighted by atomic mass is 16.5. The minimum absolute atomic E-state index is 0.102. The topological polar surface area (TPSA) is 65.4 Å². The van der Waals surface area contributed by atoms with E-state index < -0.39 is 0 Å². The van der Waals surface area contributed by atoms with Crippen LogP contribution in [-0.2, 0) is 25.2 Å². The molecule has 0 aliphatic carbocycles. The molecule has 1 aromatic heterocycles. The van der Waals surface area contributed by atoms with E-state index in [9.17, 15) is 4.79 Å². The molecule has 1 heterocycles. The van der Waals surface area contributed by atoms with Gasteiger partial charge in [0.05, 0.1) is 18.1 Å². The van der Waals surface area contributed by atoms with Crippen LogP contribution in [0.25, 0.3) is 0 Å². The second kappa shape index (κ2) is 11.1. The Morgan fingerprint density at radius 1 is 0.917 bits per heavy atom. The van der Waals surface area contributed by atoms with Crippen LogP contribution in [0.3, 0.4) is 0 Å². The third-order valence-corrected chi connectivity index (χ3v) is 5.90. The second-order valence-electron chi connectivity index (χ2n) is 9.76. The number of ether oxygens (including phenoxy) is 2. The first-order chi connectivity index (χ1) is 17.3. The molecule has 4 aromatic rings. The molecule has 6 heteroatoms. The lowest BCUT2D eigenvalue weighted by Crippen LogP contribution is -2.12. The normalized spacial score (nSPS) is 11.2. The average Bonchev–Trinajstić information content (AvgIpc) is 3.33. The van der Waals surface area contributed by atoms with Crippen molar-refractivity contribution < 1.29 is 14.3 Å².